The van der Waals surface area contributed by atoms with Crippen molar-refractivity contribution >= 4 is 5.69 Å². The molecule has 82 valence electrons. The Labute approximate surface area is 84.7 Å². The lowest BCUT2D eigenvalue weighted by Crippen LogP contribution is -2.40. The fraction of sp³-hybridized carbons (Fsp3) is 0.500. The molecule has 0 saturated carbocycles. The second-order valence-corrected chi connectivity index (χ2v) is 3.08. The van der Waals surface area contributed by atoms with Gasteiger partial charge in [0.1, 0.15) is 5.69 Å². The minimum Gasteiger partial charge on any atom is -0.294 e. The van der Waals surface area contributed by atoms with Gasteiger partial charge in [0.2, 0.25) is 0 Å². The van der Waals surface area contributed by atoms with E-state index in [2.05, 4.69) is 0 Å². The maximum absolute atomic E-state index is 11.5. The largest absolute Gasteiger partial charge is 0.353 e. The molecule has 0 aliphatic heterocycles. The molecule has 7 nitrogen and oxygen atoms in total. The molecule has 0 spiro atoms. The summed E-state index contributed by atoms with van der Waals surface area (Å²) in [6, 6.07) is 0. The number of hydrogen-bond acceptors (Lipinski definition) is 4. The van der Waals surface area contributed by atoms with Crippen molar-refractivity contribution in [2.45, 2.75) is 20.4 Å². The van der Waals surface area contributed by atoms with Crippen molar-refractivity contribution in [1.82, 2.24) is 9.13 Å². The van der Waals surface area contributed by atoms with Gasteiger partial charge in [-0.2, -0.15) is 0 Å². The molecule has 7 heteroatoms. The van der Waals surface area contributed by atoms with E-state index in [4.69, 9.17) is 0 Å². The van der Waals surface area contributed by atoms with Crippen molar-refractivity contribution in [2.75, 3.05) is 0 Å². The third-order valence-corrected chi connectivity index (χ3v) is 2.31. The number of rotatable bonds is 2. The van der Waals surface area contributed by atoms with Gasteiger partial charge in [0.15, 0.2) is 0 Å². The lowest BCUT2D eigenvalue weighted by Gasteiger charge is -2.07. The highest BCUT2D eigenvalue weighted by Gasteiger charge is 2.22. The molecule has 0 bridgehead atoms. The fourth-order valence-electron chi connectivity index (χ4n) is 1.34. The van der Waals surface area contributed by atoms with Crippen LogP contribution in [-0.2, 0) is 13.6 Å². The van der Waals surface area contributed by atoms with E-state index in [1.54, 1.807) is 6.92 Å². The summed E-state index contributed by atoms with van der Waals surface area (Å²) in [7, 11) is 1.40. The molecule has 1 rings (SSSR count). The van der Waals surface area contributed by atoms with Gasteiger partial charge in [-0.05, 0) is 13.8 Å². The highest BCUT2D eigenvalue weighted by atomic mass is 16.6. The van der Waals surface area contributed by atoms with Crippen LogP contribution in [0.25, 0.3) is 0 Å². The van der Waals surface area contributed by atoms with E-state index < -0.39 is 21.9 Å². The van der Waals surface area contributed by atoms with Crippen LogP contribution in [0.4, 0.5) is 5.69 Å². The Morgan fingerprint density at radius 3 is 2.33 bits per heavy atom. The molecule has 0 aliphatic carbocycles. The smallest absolute Gasteiger partial charge is 0.294 e. The summed E-state index contributed by atoms with van der Waals surface area (Å²) >= 11 is 0. The van der Waals surface area contributed by atoms with Crippen LogP contribution in [0.2, 0.25) is 0 Å². The minimum absolute atomic E-state index is 0.0692. The van der Waals surface area contributed by atoms with Gasteiger partial charge in [-0.15, -0.1) is 0 Å². The van der Waals surface area contributed by atoms with Gasteiger partial charge in [0, 0.05) is 13.6 Å². The fourth-order valence-corrected chi connectivity index (χ4v) is 1.34. The molecule has 0 atom stereocenters. The zero-order valence-electron chi connectivity index (χ0n) is 8.68. The van der Waals surface area contributed by atoms with E-state index in [1.807, 2.05) is 0 Å². The van der Waals surface area contributed by atoms with Crippen LogP contribution in [-0.4, -0.2) is 14.1 Å². The predicted molar refractivity (Wildman–Crippen MR) is 53.0 cm³/mol. The Bertz CT molecular complexity index is 526. The third-order valence-electron chi connectivity index (χ3n) is 2.31. The lowest BCUT2D eigenvalue weighted by molar-refractivity contribution is -0.387. The molecule has 0 aromatic carbocycles. The first-order valence-corrected chi connectivity index (χ1v) is 4.36. The first kappa shape index (κ1) is 11.2. The van der Waals surface area contributed by atoms with Crippen LogP contribution in [0.5, 0.6) is 0 Å². The van der Waals surface area contributed by atoms with E-state index in [0.29, 0.717) is 0 Å². The summed E-state index contributed by atoms with van der Waals surface area (Å²) in [5.74, 6) is 0. The summed E-state index contributed by atoms with van der Waals surface area (Å²) in [6.07, 6.45) is 0. The SMILES string of the molecule is CCn1c(=O)c([N+](=O)[O-])c(C)n(C)c1=O. The average Bonchev–Trinajstić information content (AvgIpc) is 2.15. The van der Waals surface area contributed by atoms with Gasteiger partial charge in [0.05, 0.1) is 4.92 Å². The highest BCUT2D eigenvalue weighted by Crippen LogP contribution is 2.07. The highest BCUT2D eigenvalue weighted by molar-refractivity contribution is 5.31. The quantitative estimate of drug-likeness (QED) is 0.502. The predicted octanol–water partition coefficient (Wildman–Crippen LogP) is -0.216. The normalized spacial score (nSPS) is 10.3. The van der Waals surface area contributed by atoms with Gasteiger partial charge < -0.3 is 0 Å². The van der Waals surface area contributed by atoms with Gasteiger partial charge in [0.25, 0.3) is 0 Å². The van der Waals surface area contributed by atoms with Crippen LogP contribution in [0.3, 0.4) is 0 Å². The van der Waals surface area contributed by atoms with Crippen molar-refractivity contribution < 1.29 is 4.92 Å². The maximum Gasteiger partial charge on any atom is 0.353 e. The molecule has 1 aromatic rings. The summed E-state index contributed by atoms with van der Waals surface area (Å²) in [6.45, 7) is 3.08. The molecule has 0 aliphatic rings. The summed E-state index contributed by atoms with van der Waals surface area (Å²) in [4.78, 5) is 33.0. The zero-order chi connectivity index (χ0) is 11.7. The monoisotopic (exact) mass is 213 g/mol. The second kappa shape index (κ2) is 3.68. The number of hydrogen-bond donors (Lipinski definition) is 0. The molecule has 0 amide bonds. The minimum atomic E-state index is -0.844. The van der Waals surface area contributed by atoms with Crippen molar-refractivity contribution in [3.63, 3.8) is 0 Å². The first-order valence-electron chi connectivity index (χ1n) is 4.36. The second-order valence-electron chi connectivity index (χ2n) is 3.08. The summed E-state index contributed by atoms with van der Waals surface area (Å²) in [5, 5.41) is 10.7. The first-order chi connectivity index (χ1) is 6.91. The van der Waals surface area contributed by atoms with Crippen LogP contribution in [0.1, 0.15) is 12.6 Å². The third kappa shape index (κ3) is 1.56. The van der Waals surface area contributed by atoms with Gasteiger partial charge in [-0.1, -0.05) is 0 Å². The van der Waals surface area contributed by atoms with Crippen LogP contribution >= 0.6 is 0 Å². The molecule has 0 fully saturated rings. The van der Waals surface area contributed by atoms with Crippen LogP contribution < -0.4 is 11.2 Å². The van der Waals surface area contributed by atoms with Crippen molar-refractivity contribution in [1.29, 1.82) is 0 Å². The molecule has 1 aromatic heterocycles. The van der Waals surface area contributed by atoms with Crippen molar-refractivity contribution in [3.05, 3.63) is 36.6 Å². The molecular weight excluding hydrogens is 202 g/mol. The Kier molecular flexibility index (Phi) is 2.74. The molecule has 15 heavy (non-hydrogen) atoms. The number of nitrogens with zero attached hydrogens (tertiary/aromatic N) is 3. The molecule has 0 radical (unpaired) electrons. The van der Waals surface area contributed by atoms with Crippen molar-refractivity contribution in [2.24, 2.45) is 7.05 Å². The van der Waals surface area contributed by atoms with E-state index in [9.17, 15) is 19.7 Å². The van der Waals surface area contributed by atoms with Crippen molar-refractivity contribution in [3.8, 4) is 0 Å². The Morgan fingerprint density at radius 1 is 1.40 bits per heavy atom. The van der Waals surface area contributed by atoms with Gasteiger partial charge in [-0.25, -0.2) is 4.79 Å². The average molecular weight is 213 g/mol. The standard InChI is InChI=1S/C8H11N3O4/c1-4-10-7(12)6(11(14)15)5(2)9(3)8(10)13/h4H2,1-3H3. The van der Waals surface area contributed by atoms with E-state index in [0.717, 1.165) is 9.13 Å². The van der Waals surface area contributed by atoms with Gasteiger partial charge >= 0.3 is 16.9 Å². The van der Waals surface area contributed by atoms with Crippen LogP contribution in [0, 0.1) is 17.0 Å². The van der Waals surface area contributed by atoms with E-state index in [-0.39, 0.29) is 12.2 Å². The zero-order valence-corrected chi connectivity index (χ0v) is 8.68. The van der Waals surface area contributed by atoms with E-state index in [1.165, 1.54) is 14.0 Å². The molecule has 0 unspecified atom stereocenters. The molecule has 1 heterocycles. The molecule has 0 N–H and O–H groups in total. The topological polar surface area (TPSA) is 87.1 Å². The number of nitro groups is 1. The van der Waals surface area contributed by atoms with Crippen LogP contribution in [0.15, 0.2) is 9.59 Å². The van der Waals surface area contributed by atoms with Gasteiger partial charge in [-0.3, -0.25) is 24.0 Å². The Balaban J connectivity index is 3.85. The summed E-state index contributed by atoms with van der Waals surface area (Å²) < 4.78 is 1.94. The Morgan fingerprint density at radius 2 is 1.93 bits per heavy atom. The molecule has 0 saturated heterocycles. The maximum atomic E-state index is 11.5. The summed E-state index contributed by atoms with van der Waals surface area (Å²) in [5.41, 5.74) is -1.85. The number of aromatic nitrogens is 2. The molecular formula is C8H11N3O4. The Hall–Kier alpha value is -1.92. The lowest BCUT2D eigenvalue weighted by atomic mass is 10.3. The van der Waals surface area contributed by atoms with E-state index >= 15 is 0 Å².